The Morgan fingerprint density at radius 1 is 1.50 bits per heavy atom. The zero-order chi connectivity index (χ0) is 11.8. The summed E-state index contributed by atoms with van der Waals surface area (Å²) in [5, 5.41) is 9.26. The van der Waals surface area contributed by atoms with Gasteiger partial charge in [-0.1, -0.05) is 11.6 Å². The molecule has 0 heterocycles. The Balaban J connectivity index is 2.39. The van der Waals surface area contributed by atoms with Crippen LogP contribution in [0.5, 0.6) is 5.75 Å². The first-order valence-electron chi connectivity index (χ1n) is 5.43. The number of methoxy groups -OCH3 is 1. The van der Waals surface area contributed by atoms with Gasteiger partial charge in [-0.2, -0.15) is 0 Å². The first kappa shape index (κ1) is 11.1. The van der Waals surface area contributed by atoms with Gasteiger partial charge in [0.25, 0.3) is 0 Å². The Morgan fingerprint density at radius 3 is 2.69 bits per heavy atom. The predicted octanol–water partition coefficient (Wildman–Crippen LogP) is 1.96. The zero-order valence-electron chi connectivity index (χ0n) is 9.62. The van der Waals surface area contributed by atoms with E-state index in [1.165, 1.54) is 0 Å². The largest absolute Gasteiger partial charge is 0.496 e. The summed E-state index contributed by atoms with van der Waals surface area (Å²) >= 11 is 0. The van der Waals surface area contributed by atoms with Crippen LogP contribution in [0.15, 0.2) is 18.2 Å². The molecule has 1 aliphatic rings. The fraction of sp³-hybridized carbons (Fsp3) is 0.462. The smallest absolute Gasteiger partial charge is 0.175 e. The lowest BCUT2D eigenvalue weighted by molar-refractivity contribution is 0.0826. The molecule has 0 amide bonds. The lowest BCUT2D eigenvalue weighted by Crippen LogP contribution is -2.20. The Kier molecular flexibility index (Phi) is 2.72. The van der Waals surface area contributed by atoms with E-state index < -0.39 is 5.41 Å². The number of carbonyl (C=O) groups excluding carboxylic acids is 1. The van der Waals surface area contributed by atoms with Gasteiger partial charge < -0.3 is 9.84 Å². The molecule has 16 heavy (non-hydrogen) atoms. The minimum atomic E-state index is -0.527. The third-order valence-corrected chi connectivity index (χ3v) is 3.24. The standard InChI is InChI=1S/C13H16O3/c1-9-3-4-11(16-2)10(7-9)12(15)13(8-14)5-6-13/h3-4,7,14H,5-6,8H2,1-2H3. The number of carbonyl (C=O) groups is 1. The minimum absolute atomic E-state index is 0.00977. The van der Waals surface area contributed by atoms with Crippen LogP contribution in [0.25, 0.3) is 0 Å². The number of rotatable bonds is 4. The van der Waals surface area contributed by atoms with Crippen molar-refractivity contribution in [2.45, 2.75) is 19.8 Å². The van der Waals surface area contributed by atoms with Crippen molar-refractivity contribution in [3.8, 4) is 5.75 Å². The van der Waals surface area contributed by atoms with Gasteiger partial charge in [-0.15, -0.1) is 0 Å². The second kappa shape index (κ2) is 3.91. The van der Waals surface area contributed by atoms with Crippen molar-refractivity contribution >= 4 is 5.78 Å². The predicted molar refractivity (Wildman–Crippen MR) is 60.8 cm³/mol. The van der Waals surface area contributed by atoms with Gasteiger partial charge in [0, 0.05) is 0 Å². The lowest BCUT2D eigenvalue weighted by atomic mass is 9.94. The molecule has 1 aromatic rings. The first-order valence-corrected chi connectivity index (χ1v) is 5.43. The van der Waals surface area contributed by atoms with E-state index in [0.717, 1.165) is 18.4 Å². The Morgan fingerprint density at radius 2 is 2.19 bits per heavy atom. The summed E-state index contributed by atoms with van der Waals surface area (Å²) < 4.78 is 5.19. The fourth-order valence-corrected chi connectivity index (χ4v) is 1.89. The molecule has 0 saturated heterocycles. The molecule has 0 atom stereocenters. The number of hydrogen-bond donors (Lipinski definition) is 1. The number of aliphatic hydroxyl groups excluding tert-OH is 1. The molecule has 1 fully saturated rings. The molecule has 0 aromatic heterocycles. The molecule has 1 aliphatic carbocycles. The molecular formula is C13H16O3. The Bertz CT molecular complexity index is 419. The summed E-state index contributed by atoms with van der Waals surface area (Å²) in [7, 11) is 1.56. The van der Waals surface area contributed by atoms with Crippen molar-refractivity contribution in [1.29, 1.82) is 0 Å². The van der Waals surface area contributed by atoms with Gasteiger partial charge in [-0.3, -0.25) is 4.79 Å². The summed E-state index contributed by atoms with van der Waals surface area (Å²) in [5.74, 6) is 0.603. The van der Waals surface area contributed by atoms with E-state index >= 15 is 0 Å². The number of ketones is 1. The number of aryl methyl sites for hydroxylation is 1. The van der Waals surface area contributed by atoms with Crippen molar-refractivity contribution in [2.24, 2.45) is 5.41 Å². The molecular weight excluding hydrogens is 204 g/mol. The van der Waals surface area contributed by atoms with Gasteiger partial charge in [0.2, 0.25) is 0 Å². The molecule has 1 N–H and O–H groups in total. The molecule has 0 spiro atoms. The van der Waals surface area contributed by atoms with E-state index in [2.05, 4.69) is 0 Å². The quantitative estimate of drug-likeness (QED) is 0.789. The average molecular weight is 220 g/mol. The van der Waals surface area contributed by atoms with Crippen LogP contribution in [0.3, 0.4) is 0 Å². The molecule has 1 aromatic carbocycles. The lowest BCUT2D eigenvalue weighted by Gasteiger charge is -2.14. The van der Waals surface area contributed by atoms with Gasteiger partial charge in [0.15, 0.2) is 5.78 Å². The highest BCUT2D eigenvalue weighted by Gasteiger charge is 2.50. The number of hydrogen-bond acceptors (Lipinski definition) is 3. The van der Waals surface area contributed by atoms with Gasteiger partial charge in [0.05, 0.1) is 24.7 Å². The summed E-state index contributed by atoms with van der Waals surface area (Å²) in [5.41, 5.74) is 1.09. The summed E-state index contributed by atoms with van der Waals surface area (Å²) in [6, 6.07) is 5.54. The number of Topliss-reactive ketones (excluding diaryl/α,β-unsaturated/α-hetero) is 1. The fourth-order valence-electron chi connectivity index (χ4n) is 1.89. The summed E-state index contributed by atoms with van der Waals surface area (Å²) in [6.07, 6.45) is 1.55. The van der Waals surface area contributed by atoms with Crippen molar-refractivity contribution in [3.05, 3.63) is 29.3 Å². The summed E-state index contributed by atoms with van der Waals surface area (Å²) in [6.45, 7) is 1.87. The van der Waals surface area contributed by atoms with E-state index in [1.54, 1.807) is 13.2 Å². The van der Waals surface area contributed by atoms with E-state index in [0.29, 0.717) is 11.3 Å². The third kappa shape index (κ3) is 1.71. The highest BCUT2D eigenvalue weighted by atomic mass is 16.5. The van der Waals surface area contributed by atoms with Gasteiger partial charge in [0.1, 0.15) is 5.75 Å². The maximum Gasteiger partial charge on any atom is 0.175 e. The van der Waals surface area contributed by atoms with Crippen LogP contribution in [0.4, 0.5) is 0 Å². The van der Waals surface area contributed by atoms with Crippen LogP contribution in [0, 0.1) is 12.3 Å². The molecule has 0 aliphatic heterocycles. The van der Waals surface area contributed by atoms with Gasteiger partial charge in [-0.25, -0.2) is 0 Å². The zero-order valence-corrected chi connectivity index (χ0v) is 9.62. The van der Waals surface area contributed by atoms with E-state index in [4.69, 9.17) is 4.74 Å². The molecule has 2 rings (SSSR count). The maximum absolute atomic E-state index is 12.3. The number of benzene rings is 1. The molecule has 3 nitrogen and oxygen atoms in total. The second-order valence-corrected chi connectivity index (χ2v) is 4.47. The van der Waals surface area contributed by atoms with E-state index in [1.807, 2.05) is 19.1 Å². The van der Waals surface area contributed by atoms with Crippen LogP contribution >= 0.6 is 0 Å². The minimum Gasteiger partial charge on any atom is -0.496 e. The highest BCUT2D eigenvalue weighted by molar-refractivity contribution is 6.04. The highest BCUT2D eigenvalue weighted by Crippen LogP contribution is 2.48. The first-order chi connectivity index (χ1) is 7.63. The van der Waals surface area contributed by atoms with Crippen LogP contribution in [-0.2, 0) is 0 Å². The third-order valence-electron chi connectivity index (χ3n) is 3.24. The normalized spacial score (nSPS) is 16.9. The van der Waals surface area contributed by atoms with Gasteiger partial charge in [-0.05, 0) is 31.9 Å². The topological polar surface area (TPSA) is 46.5 Å². The van der Waals surface area contributed by atoms with Crippen LogP contribution < -0.4 is 4.74 Å². The monoisotopic (exact) mass is 220 g/mol. The Labute approximate surface area is 95.0 Å². The maximum atomic E-state index is 12.3. The molecule has 86 valence electrons. The average Bonchev–Trinajstić information content (AvgIpc) is 3.09. The van der Waals surface area contributed by atoms with Crippen molar-refractivity contribution in [3.63, 3.8) is 0 Å². The SMILES string of the molecule is COc1ccc(C)cc1C(=O)C1(CO)CC1. The van der Waals surface area contributed by atoms with Crippen LogP contribution in [-0.4, -0.2) is 24.6 Å². The Hall–Kier alpha value is -1.35. The van der Waals surface area contributed by atoms with Gasteiger partial charge >= 0.3 is 0 Å². The van der Waals surface area contributed by atoms with Crippen LogP contribution in [0.1, 0.15) is 28.8 Å². The summed E-state index contributed by atoms with van der Waals surface area (Å²) in [4.78, 5) is 12.3. The van der Waals surface area contributed by atoms with Crippen molar-refractivity contribution in [1.82, 2.24) is 0 Å². The van der Waals surface area contributed by atoms with Crippen molar-refractivity contribution in [2.75, 3.05) is 13.7 Å². The molecule has 1 saturated carbocycles. The molecule has 0 unspecified atom stereocenters. The van der Waals surface area contributed by atoms with Crippen LogP contribution in [0.2, 0.25) is 0 Å². The van der Waals surface area contributed by atoms with Crippen molar-refractivity contribution < 1.29 is 14.6 Å². The number of ether oxygens (including phenoxy) is 1. The molecule has 3 heteroatoms. The van der Waals surface area contributed by atoms with E-state index in [9.17, 15) is 9.90 Å². The molecule has 0 radical (unpaired) electrons. The van der Waals surface area contributed by atoms with E-state index in [-0.39, 0.29) is 12.4 Å². The number of aliphatic hydroxyl groups is 1. The second-order valence-electron chi connectivity index (χ2n) is 4.47. The molecule has 0 bridgehead atoms.